The summed E-state index contributed by atoms with van der Waals surface area (Å²) in [5, 5.41) is 81.5. The van der Waals surface area contributed by atoms with Crippen molar-refractivity contribution in [2.75, 3.05) is 24.8 Å². The lowest BCUT2D eigenvalue weighted by atomic mass is 9.42. The number of carbonyl (C=O) groups is 3. The number of dihydropyridines is 1. The van der Waals surface area contributed by atoms with Gasteiger partial charge in [0.05, 0.1) is 36.4 Å². The fourth-order valence-electron chi connectivity index (χ4n) is 17.1. The maximum absolute atomic E-state index is 15.7. The average molecular weight is 963 g/mol. The van der Waals surface area contributed by atoms with Crippen LogP contribution in [-0.2, 0) is 22.6 Å². The number of ketones is 2. The summed E-state index contributed by atoms with van der Waals surface area (Å²) >= 11 is 0. The average Bonchev–Trinajstić information content (AvgIpc) is 3.83. The van der Waals surface area contributed by atoms with Crippen molar-refractivity contribution in [1.82, 2.24) is 10.6 Å². The predicted octanol–water partition coefficient (Wildman–Crippen LogP) is 5.22. The van der Waals surface area contributed by atoms with E-state index in [2.05, 4.69) is 16.7 Å². The minimum atomic E-state index is -2.30. The Kier molecular flexibility index (Phi) is 9.75. The molecule has 15 atom stereocenters. The molecule has 14 rings (SSSR count). The van der Waals surface area contributed by atoms with Gasteiger partial charge in [-0.2, -0.15) is 0 Å². The fraction of sp³-hybridized carbons (Fsp3) is 0.566. The second-order valence-electron chi connectivity index (χ2n) is 22.2. The third kappa shape index (κ3) is 5.45. The maximum Gasteiger partial charge on any atom is 0.240 e. The molecule has 4 heterocycles. The van der Waals surface area contributed by atoms with Crippen molar-refractivity contribution >= 4 is 39.4 Å². The largest absolute Gasteiger partial charge is 0.511 e. The topological polar surface area (TPSA) is 215 Å². The lowest BCUT2D eigenvalue weighted by molar-refractivity contribution is -0.461. The summed E-state index contributed by atoms with van der Waals surface area (Å²) in [5.74, 6) is -4.62. The molecule has 0 amide bonds. The van der Waals surface area contributed by atoms with Crippen molar-refractivity contribution in [1.29, 1.82) is 0 Å². The van der Waals surface area contributed by atoms with E-state index in [-0.39, 0.29) is 70.5 Å². The van der Waals surface area contributed by atoms with Crippen LogP contribution in [0.5, 0.6) is 5.75 Å². The minimum Gasteiger partial charge on any atom is -0.511 e. The molecule has 0 radical (unpaired) electrons. The minimum absolute atomic E-state index is 0.0251. The van der Waals surface area contributed by atoms with Crippen LogP contribution >= 0.6 is 21.6 Å². The number of aliphatic hydroxyl groups is 6. The SMILES string of the molecule is O=C[C@@H]1CCC[C@@]12C[C@@H]1C[C@H]3C[C@H]4[C@@H]5CC[C@@]67Oc8cccc9c8C(=O)[C@]8(CSSCNC%10=CC(=C3CN%10)[C@@]1(C2)[C@H]4[C@](O)([C@H](O)[C@@]5(CO)O6)[C@H]7O)C(O)=CC(Cc1cccc(CO)c1)=C[C@@H]8C9=O. The van der Waals surface area contributed by atoms with E-state index in [1.54, 1.807) is 30.4 Å². The Morgan fingerprint density at radius 1 is 0.956 bits per heavy atom. The highest BCUT2D eigenvalue weighted by atomic mass is 33.1. The second-order valence-corrected chi connectivity index (χ2v) is 24.7. The Balaban J connectivity index is 0.989. The van der Waals surface area contributed by atoms with Crippen LogP contribution in [0.4, 0.5) is 0 Å². The van der Waals surface area contributed by atoms with Crippen molar-refractivity contribution in [2.45, 2.75) is 100 Å². The van der Waals surface area contributed by atoms with Gasteiger partial charge < -0.3 is 55.5 Å². The standard InChI is InChI=1S/C53H58N2O11S2/c56-21-28-5-1-4-27(12-28)13-29-14-38-43(60)33-7-2-8-39-42(33)45(61)50(38,40(59)15-29)25-67-68-26-55-41-18-37-35(20-54-41)30-16-32-19-48(10-3-6-31(48)22-57)23-49(32,37)44-34(17-30)36-9-11-52(65-39)47(63)53(44,64)46(62)51(36,24-58)66-52/h1-2,4-5,7-8,12,14-15,18,22,30-32,34,36,38,44,46-47,54-56,58-59,62-64H,3,6,9-11,13,16-17,19-21,23-26H2/t30-,31-,32-,34-,36-,38+,44-,46+,47-,48-,49-,50-,51-,52+,53-/m0/s1. The molecule has 68 heavy (non-hydrogen) atoms. The summed E-state index contributed by atoms with van der Waals surface area (Å²) in [6.45, 7) is -0.235. The molecule has 4 spiro atoms. The van der Waals surface area contributed by atoms with E-state index in [4.69, 9.17) is 9.47 Å². The van der Waals surface area contributed by atoms with Gasteiger partial charge in [0.15, 0.2) is 17.7 Å². The van der Waals surface area contributed by atoms with Gasteiger partial charge in [-0.1, -0.05) is 70.5 Å². The van der Waals surface area contributed by atoms with Crippen molar-refractivity contribution in [3.8, 4) is 5.75 Å². The van der Waals surface area contributed by atoms with Crippen LogP contribution in [0.25, 0.3) is 0 Å². The Hall–Kier alpha value is -3.93. The first-order chi connectivity index (χ1) is 32.8. The van der Waals surface area contributed by atoms with Crippen molar-refractivity contribution in [3.63, 3.8) is 0 Å². The molecule has 4 saturated carbocycles. The number of nitrogens with one attached hydrogen (secondary N) is 2. The molecular weight excluding hydrogens is 905 g/mol. The highest BCUT2D eigenvalue weighted by Gasteiger charge is 2.84. The number of aldehydes is 1. The van der Waals surface area contributed by atoms with Crippen LogP contribution < -0.4 is 15.4 Å². The van der Waals surface area contributed by atoms with Crippen LogP contribution in [0.1, 0.15) is 89.6 Å². The summed E-state index contributed by atoms with van der Waals surface area (Å²) in [7, 11) is 2.85. The van der Waals surface area contributed by atoms with E-state index in [9.17, 15) is 35.4 Å². The van der Waals surface area contributed by atoms with Gasteiger partial charge in [0.25, 0.3) is 0 Å². The number of aliphatic hydroxyl groups excluding tert-OH is 5. The normalized spacial score (nSPS) is 44.8. The van der Waals surface area contributed by atoms with Crippen LogP contribution in [0.2, 0.25) is 0 Å². The molecule has 12 aliphatic rings. The van der Waals surface area contributed by atoms with E-state index in [1.165, 1.54) is 27.2 Å². The van der Waals surface area contributed by atoms with Gasteiger partial charge in [-0.15, -0.1) is 0 Å². The molecule has 2 aromatic rings. The zero-order valence-corrected chi connectivity index (χ0v) is 39.3. The summed E-state index contributed by atoms with van der Waals surface area (Å²) < 4.78 is 14.0. The molecule has 8 N–H and O–H groups in total. The van der Waals surface area contributed by atoms with E-state index in [0.717, 1.165) is 60.9 Å². The first-order valence-corrected chi connectivity index (χ1v) is 27.0. The Bertz CT molecular complexity index is 2700. The van der Waals surface area contributed by atoms with Crippen molar-refractivity contribution in [3.05, 3.63) is 111 Å². The molecule has 2 saturated heterocycles. The van der Waals surface area contributed by atoms with Crippen molar-refractivity contribution < 1.29 is 54.5 Å². The molecule has 13 nitrogen and oxygen atoms in total. The number of hydrogen-bond donors (Lipinski definition) is 8. The molecule has 8 aliphatic carbocycles. The van der Waals surface area contributed by atoms with Crippen molar-refractivity contribution in [2.24, 2.45) is 57.7 Å². The van der Waals surface area contributed by atoms with Crippen LogP contribution in [0.3, 0.4) is 0 Å². The third-order valence-electron chi connectivity index (χ3n) is 19.6. The van der Waals surface area contributed by atoms with Crippen LogP contribution in [0, 0.1) is 57.7 Å². The van der Waals surface area contributed by atoms with E-state index < -0.39 is 76.0 Å². The van der Waals surface area contributed by atoms with Gasteiger partial charge in [-0.25, -0.2) is 0 Å². The van der Waals surface area contributed by atoms with Crippen LogP contribution in [0.15, 0.2) is 89.0 Å². The Morgan fingerprint density at radius 2 is 1.79 bits per heavy atom. The maximum atomic E-state index is 15.7. The molecule has 6 fully saturated rings. The van der Waals surface area contributed by atoms with E-state index in [1.807, 2.05) is 24.3 Å². The Morgan fingerprint density at radius 3 is 2.62 bits per heavy atom. The third-order valence-corrected chi connectivity index (χ3v) is 21.8. The molecule has 4 aliphatic heterocycles. The lowest BCUT2D eigenvalue weighted by Gasteiger charge is -2.72. The van der Waals surface area contributed by atoms with E-state index in [0.29, 0.717) is 43.7 Å². The summed E-state index contributed by atoms with van der Waals surface area (Å²) in [6, 6.07) is 12.2. The summed E-state index contributed by atoms with van der Waals surface area (Å²) in [5.41, 5.74) is -2.20. The monoisotopic (exact) mass is 962 g/mol. The molecule has 2 aromatic carbocycles. The smallest absolute Gasteiger partial charge is 0.240 e. The molecule has 0 unspecified atom stereocenters. The van der Waals surface area contributed by atoms with Gasteiger partial charge in [0.2, 0.25) is 5.79 Å². The lowest BCUT2D eigenvalue weighted by Crippen LogP contribution is -2.88. The van der Waals surface area contributed by atoms with Gasteiger partial charge >= 0.3 is 0 Å². The number of ether oxygens (including phenoxy) is 2. The summed E-state index contributed by atoms with van der Waals surface area (Å²) in [4.78, 5) is 43.8. The zero-order chi connectivity index (χ0) is 46.8. The molecule has 10 bridgehead atoms. The quantitative estimate of drug-likeness (QED) is 0.143. The first kappa shape index (κ1) is 44.0. The van der Waals surface area contributed by atoms with Gasteiger partial charge in [0, 0.05) is 41.5 Å². The van der Waals surface area contributed by atoms with Crippen LogP contribution in [-0.4, -0.2) is 102 Å². The number of rotatable bonds is 5. The molecule has 15 heteroatoms. The Labute approximate surface area is 402 Å². The first-order valence-electron chi connectivity index (χ1n) is 24.6. The highest BCUT2D eigenvalue weighted by Crippen LogP contribution is 2.79. The fourth-order valence-corrected chi connectivity index (χ4v) is 19.4. The predicted molar refractivity (Wildman–Crippen MR) is 252 cm³/mol. The van der Waals surface area contributed by atoms with Gasteiger partial charge in [-0.05, 0) is 127 Å². The molecular formula is C53H58N2O11S2. The van der Waals surface area contributed by atoms with Gasteiger partial charge in [-0.3, -0.25) is 9.59 Å². The number of Topliss-reactive ketones (excluding diaryl/α,β-unsaturated/α-hetero) is 2. The molecule has 358 valence electrons. The van der Waals surface area contributed by atoms with Gasteiger partial charge in [0.1, 0.15) is 40.5 Å². The zero-order valence-electron chi connectivity index (χ0n) is 37.7. The number of benzene rings is 2. The molecule has 0 aromatic heterocycles. The second kappa shape index (κ2) is 15.0. The summed E-state index contributed by atoms with van der Waals surface area (Å²) in [6.07, 6.45) is 9.43. The number of hydrogen-bond acceptors (Lipinski definition) is 15. The van der Waals surface area contributed by atoms with E-state index >= 15 is 9.59 Å². The number of allylic oxidation sites excluding steroid dienone is 6. The number of carbonyl (C=O) groups excluding carboxylic acids is 3. The highest BCUT2D eigenvalue weighted by molar-refractivity contribution is 8.76.